The Labute approximate surface area is 103 Å². The van der Waals surface area contributed by atoms with Crippen LogP contribution in [0, 0.1) is 24.2 Å². The van der Waals surface area contributed by atoms with E-state index >= 15 is 0 Å². The van der Waals surface area contributed by atoms with Crippen LogP contribution < -0.4 is 5.32 Å². The van der Waals surface area contributed by atoms with Crippen LogP contribution >= 0.6 is 15.9 Å². The number of nitrogens with one attached hydrogen (secondary N) is 1. The minimum Gasteiger partial charge on any atom is -0.310 e. The number of aromatic nitrogens is 1. The van der Waals surface area contributed by atoms with E-state index in [0.29, 0.717) is 12.2 Å². The fraction of sp³-hybridized carbons (Fsp3) is 0.364. The highest BCUT2D eigenvalue weighted by atomic mass is 79.9. The third kappa shape index (κ3) is 3.04. The Bertz CT molecular complexity index is 439. The van der Waals surface area contributed by atoms with Gasteiger partial charge >= 0.3 is 0 Å². The van der Waals surface area contributed by atoms with Gasteiger partial charge in [0.15, 0.2) is 0 Å². The first-order chi connectivity index (χ1) is 7.58. The van der Waals surface area contributed by atoms with Crippen molar-refractivity contribution in [1.82, 2.24) is 4.98 Å². The second kappa shape index (κ2) is 5.61. The van der Waals surface area contributed by atoms with Crippen LogP contribution in [-0.4, -0.2) is 10.9 Å². The summed E-state index contributed by atoms with van der Waals surface area (Å²) in [6.45, 7) is 3.71. The van der Waals surface area contributed by atoms with Gasteiger partial charge in [-0.1, -0.05) is 6.92 Å². The molecule has 0 saturated carbocycles. The van der Waals surface area contributed by atoms with Gasteiger partial charge in [0.1, 0.15) is 11.7 Å². The maximum absolute atomic E-state index is 11.6. The van der Waals surface area contributed by atoms with Gasteiger partial charge in [-0.05, 0) is 40.9 Å². The number of rotatable bonds is 3. The monoisotopic (exact) mass is 281 g/mol. The number of nitrogens with zero attached hydrogens (tertiary/aromatic N) is 2. The average Bonchev–Trinajstić information content (AvgIpc) is 2.25. The molecule has 0 saturated heterocycles. The molecule has 1 heterocycles. The Morgan fingerprint density at radius 2 is 2.44 bits per heavy atom. The average molecular weight is 282 g/mol. The summed E-state index contributed by atoms with van der Waals surface area (Å²) in [6.07, 6.45) is 2.12. The van der Waals surface area contributed by atoms with E-state index in [1.54, 1.807) is 19.2 Å². The second-order valence-electron chi connectivity index (χ2n) is 3.40. The molecule has 1 amide bonds. The highest BCUT2D eigenvalue weighted by molar-refractivity contribution is 9.10. The molecule has 0 aliphatic heterocycles. The van der Waals surface area contributed by atoms with Crippen LogP contribution in [0.15, 0.2) is 16.7 Å². The van der Waals surface area contributed by atoms with E-state index < -0.39 is 5.92 Å². The summed E-state index contributed by atoms with van der Waals surface area (Å²) in [4.78, 5) is 15.6. The maximum Gasteiger partial charge on any atom is 0.242 e. The number of carbonyl (C=O) groups is 1. The third-order valence-electron chi connectivity index (χ3n) is 2.18. The zero-order chi connectivity index (χ0) is 12.1. The molecule has 1 aromatic rings. The Morgan fingerprint density at radius 1 is 1.75 bits per heavy atom. The number of pyridine rings is 1. The van der Waals surface area contributed by atoms with Crippen LogP contribution in [0.3, 0.4) is 0 Å². The van der Waals surface area contributed by atoms with Crippen LogP contribution in [0.5, 0.6) is 0 Å². The van der Waals surface area contributed by atoms with Crippen molar-refractivity contribution in [3.8, 4) is 6.07 Å². The van der Waals surface area contributed by atoms with Gasteiger partial charge in [0, 0.05) is 10.7 Å². The van der Waals surface area contributed by atoms with E-state index in [0.717, 1.165) is 10.0 Å². The molecule has 1 unspecified atom stereocenters. The topological polar surface area (TPSA) is 65.8 Å². The number of hydrogen-bond donors (Lipinski definition) is 1. The Hall–Kier alpha value is -1.41. The van der Waals surface area contributed by atoms with Crippen LogP contribution in [-0.2, 0) is 4.79 Å². The van der Waals surface area contributed by atoms with Crippen molar-refractivity contribution < 1.29 is 4.79 Å². The quantitative estimate of drug-likeness (QED) is 0.926. The van der Waals surface area contributed by atoms with Crippen LogP contribution in [0.1, 0.15) is 18.9 Å². The molecule has 1 aromatic heterocycles. The molecule has 0 bridgehead atoms. The lowest BCUT2D eigenvalue weighted by Crippen LogP contribution is -2.21. The number of halogens is 1. The molecule has 1 N–H and O–H groups in total. The number of nitriles is 1. The zero-order valence-electron chi connectivity index (χ0n) is 9.12. The van der Waals surface area contributed by atoms with Gasteiger partial charge in [-0.3, -0.25) is 4.79 Å². The first kappa shape index (κ1) is 12.7. The molecule has 1 rings (SSSR count). The molecule has 84 valence electrons. The molecule has 4 nitrogen and oxygen atoms in total. The standard InChI is InChI=1S/C11H12BrN3O/c1-3-8(5-13)11(16)15-10-4-7(2)9(12)6-14-10/h4,6,8H,3H2,1-2H3,(H,14,15,16). The summed E-state index contributed by atoms with van der Waals surface area (Å²) in [5.74, 6) is -0.454. The zero-order valence-corrected chi connectivity index (χ0v) is 10.7. The predicted octanol–water partition coefficient (Wildman–Crippen LogP) is 2.64. The van der Waals surface area contributed by atoms with Crippen molar-refractivity contribution in [2.45, 2.75) is 20.3 Å². The van der Waals surface area contributed by atoms with Crippen LogP contribution in [0.25, 0.3) is 0 Å². The van der Waals surface area contributed by atoms with E-state index in [1.165, 1.54) is 0 Å². The number of carbonyl (C=O) groups excluding carboxylic acids is 1. The largest absolute Gasteiger partial charge is 0.310 e. The molecular weight excluding hydrogens is 270 g/mol. The number of amides is 1. The predicted molar refractivity (Wildman–Crippen MR) is 64.7 cm³/mol. The fourth-order valence-corrected chi connectivity index (χ4v) is 1.37. The van der Waals surface area contributed by atoms with Gasteiger partial charge in [0.05, 0.1) is 6.07 Å². The molecule has 16 heavy (non-hydrogen) atoms. The van der Waals surface area contributed by atoms with Gasteiger partial charge in [0.25, 0.3) is 0 Å². The number of anilines is 1. The Kier molecular flexibility index (Phi) is 4.44. The second-order valence-corrected chi connectivity index (χ2v) is 4.25. The normalized spacial score (nSPS) is 11.6. The lowest BCUT2D eigenvalue weighted by Gasteiger charge is -2.08. The van der Waals surface area contributed by atoms with Crippen LogP contribution in [0.4, 0.5) is 5.82 Å². The molecule has 5 heteroatoms. The highest BCUT2D eigenvalue weighted by Gasteiger charge is 2.15. The fourth-order valence-electron chi connectivity index (χ4n) is 1.16. The van der Waals surface area contributed by atoms with Crippen molar-refractivity contribution in [2.24, 2.45) is 5.92 Å². The third-order valence-corrected chi connectivity index (χ3v) is 3.01. The van der Waals surface area contributed by atoms with E-state index in [1.807, 2.05) is 13.0 Å². The van der Waals surface area contributed by atoms with E-state index in [-0.39, 0.29) is 5.91 Å². The minimum atomic E-state index is -0.620. The molecule has 0 radical (unpaired) electrons. The van der Waals surface area contributed by atoms with Crippen molar-refractivity contribution in [3.63, 3.8) is 0 Å². The summed E-state index contributed by atoms with van der Waals surface area (Å²) in [6, 6.07) is 3.70. The smallest absolute Gasteiger partial charge is 0.242 e. The lowest BCUT2D eigenvalue weighted by atomic mass is 10.1. The van der Waals surface area contributed by atoms with E-state index in [4.69, 9.17) is 5.26 Å². The summed E-state index contributed by atoms with van der Waals surface area (Å²) in [5, 5.41) is 11.4. The molecule has 0 aromatic carbocycles. The maximum atomic E-state index is 11.6. The van der Waals surface area contributed by atoms with Crippen molar-refractivity contribution in [3.05, 3.63) is 22.3 Å². The van der Waals surface area contributed by atoms with Crippen LogP contribution in [0.2, 0.25) is 0 Å². The van der Waals surface area contributed by atoms with E-state index in [9.17, 15) is 4.79 Å². The molecule has 0 aliphatic rings. The van der Waals surface area contributed by atoms with Gasteiger partial charge in [-0.25, -0.2) is 4.98 Å². The first-order valence-corrected chi connectivity index (χ1v) is 5.70. The lowest BCUT2D eigenvalue weighted by molar-refractivity contribution is -0.118. The summed E-state index contributed by atoms with van der Waals surface area (Å²) in [5.41, 5.74) is 0.982. The van der Waals surface area contributed by atoms with Gasteiger partial charge in [0.2, 0.25) is 5.91 Å². The molecule has 0 aliphatic carbocycles. The summed E-state index contributed by atoms with van der Waals surface area (Å²) >= 11 is 3.32. The first-order valence-electron chi connectivity index (χ1n) is 4.91. The molecule has 0 fully saturated rings. The van der Waals surface area contributed by atoms with Gasteiger partial charge in [-0.15, -0.1) is 0 Å². The summed E-state index contributed by atoms with van der Waals surface area (Å²) < 4.78 is 0.887. The van der Waals surface area contributed by atoms with E-state index in [2.05, 4.69) is 26.2 Å². The number of aryl methyl sites for hydroxylation is 1. The highest BCUT2D eigenvalue weighted by Crippen LogP contribution is 2.17. The van der Waals surface area contributed by atoms with Crippen molar-refractivity contribution in [1.29, 1.82) is 5.26 Å². The molecular formula is C11H12BrN3O. The number of hydrogen-bond acceptors (Lipinski definition) is 3. The van der Waals surface area contributed by atoms with Gasteiger partial charge < -0.3 is 5.32 Å². The SMILES string of the molecule is CCC(C#N)C(=O)Nc1cc(C)c(Br)cn1. The summed E-state index contributed by atoms with van der Waals surface area (Å²) in [7, 11) is 0. The van der Waals surface area contributed by atoms with Gasteiger partial charge in [-0.2, -0.15) is 5.26 Å². The van der Waals surface area contributed by atoms with Crippen molar-refractivity contribution >= 4 is 27.7 Å². The Morgan fingerprint density at radius 3 is 2.94 bits per heavy atom. The minimum absolute atomic E-state index is 0.306. The molecule has 1 atom stereocenters. The Balaban J connectivity index is 2.78. The van der Waals surface area contributed by atoms with Crippen molar-refractivity contribution in [2.75, 3.05) is 5.32 Å². The molecule has 0 spiro atoms.